The van der Waals surface area contributed by atoms with E-state index in [2.05, 4.69) is 6.92 Å². The van der Waals surface area contributed by atoms with Crippen LogP contribution in [0, 0.1) is 0 Å². The van der Waals surface area contributed by atoms with Crippen molar-refractivity contribution in [1.82, 2.24) is 0 Å². The molecule has 0 aromatic heterocycles. The minimum absolute atomic E-state index is 0.0213. The van der Waals surface area contributed by atoms with Crippen molar-refractivity contribution in [2.75, 3.05) is 18.1 Å². The molecule has 1 heterocycles. The van der Waals surface area contributed by atoms with Crippen molar-refractivity contribution in [3.63, 3.8) is 0 Å². The highest BCUT2D eigenvalue weighted by molar-refractivity contribution is 5.99. The van der Waals surface area contributed by atoms with Crippen LogP contribution < -0.4 is 9.64 Å². The van der Waals surface area contributed by atoms with Crippen LogP contribution in [0.5, 0.6) is 5.75 Å². The third-order valence-corrected chi connectivity index (χ3v) is 4.14. The molecule has 5 nitrogen and oxygen atoms in total. The van der Waals surface area contributed by atoms with Gasteiger partial charge in [-0.25, -0.2) is 4.79 Å². The average Bonchev–Trinajstić information content (AvgIpc) is 2.55. The van der Waals surface area contributed by atoms with Gasteiger partial charge in [0.25, 0.3) is 5.91 Å². The molecule has 0 fully saturated rings. The fourth-order valence-electron chi connectivity index (χ4n) is 2.81. The number of ether oxygens (including phenoxy) is 1. The number of benzene rings is 1. The van der Waals surface area contributed by atoms with Gasteiger partial charge in [-0.2, -0.15) is 0 Å². The first-order valence-electron chi connectivity index (χ1n) is 8.44. The van der Waals surface area contributed by atoms with Gasteiger partial charge in [-0.15, -0.1) is 0 Å². The van der Waals surface area contributed by atoms with E-state index in [4.69, 9.17) is 9.84 Å². The lowest BCUT2D eigenvalue weighted by Crippen LogP contribution is -2.39. The molecule has 23 heavy (non-hydrogen) atoms. The number of nitrogens with zero attached hydrogens (tertiary/aromatic N) is 1. The fourth-order valence-corrected chi connectivity index (χ4v) is 2.81. The Kier molecular flexibility index (Phi) is 6.44. The number of carboxylic acid groups (broad SMARTS) is 1. The molecule has 1 N–H and O–H groups in total. The molecule has 1 aromatic rings. The Labute approximate surface area is 137 Å². The molecule has 1 amide bonds. The van der Waals surface area contributed by atoms with Gasteiger partial charge in [0.05, 0.1) is 11.3 Å². The molecule has 0 aliphatic carbocycles. The predicted octanol–water partition coefficient (Wildman–Crippen LogP) is 3.86. The Morgan fingerprint density at radius 3 is 2.57 bits per heavy atom. The maximum Gasteiger partial charge on any atom is 0.335 e. The van der Waals surface area contributed by atoms with Crippen molar-refractivity contribution in [3.05, 3.63) is 23.8 Å². The number of rotatable bonds is 9. The van der Waals surface area contributed by atoms with E-state index >= 15 is 0 Å². The Balaban J connectivity index is 1.90. The Morgan fingerprint density at radius 1 is 1.17 bits per heavy atom. The van der Waals surface area contributed by atoms with Crippen LogP contribution in [0.15, 0.2) is 18.2 Å². The molecule has 0 radical (unpaired) electrons. The van der Waals surface area contributed by atoms with Crippen molar-refractivity contribution < 1.29 is 19.4 Å². The van der Waals surface area contributed by atoms with E-state index in [9.17, 15) is 9.59 Å². The highest BCUT2D eigenvalue weighted by Gasteiger charge is 2.25. The lowest BCUT2D eigenvalue weighted by Gasteiger charge is -2.29. The van der Waals surface area contributed by atoms with E-state index in [1.807, 2.05) is 0 Å². The van der Waals surface area contributed by atoms with E-state index in [0.717, 1.165) is 12.8 Å². The summed E-state index contributed by atoms with van der Waals surface area (Å²) in [5, 5.41) is 9.03. The molecule has 0 spiro atoms. The number of anilines is 1. The van der Waals surface area contributed by atoms with Crippen molar-refractivity contribution in [2.24, 2.45) is 0 Å². The summed E-state index contributed by atoms with van der Waals surface area (Å²) in [5.74, 6) is -0.578. The van der Waals surface area contributed by atoms with Crippen LogP contribution in [0.1, 0.15) is 62.2 Å². The maximum atomic E-state index is 12.1. The second-order valence-corrected chi connectivity index (χ2v) is 5.94. The molecule has 0 saturated heterocycles. The number of fused-ring (bicyclic) bond motifs is 1. The molecule has 0 unspecified atom stereocenters. The van der Waals surface area contributed by atoms with Crippen molar-refractivity contribution >= 4 is 17.6 Å². The maximum absolute atomic E-state index is 12.1. The van der Waals surface area contributed by atoms with E-state index < -0.39 is 5.97 Å². The highest BCUT2D eigenvalue weighted by Crippen LogP contribution is 2.33. The van der Waals surface area contributed by atoms with Gasteiger partial charge in [0, 0.05) is 6.54 Å². The van der Waals surface area contributed by atoms with Crippen LogP contribution in [-0.4, -0.2) is 30.1 Å². The minimum atomic E-state index is -0.994. The molecular weight excluding hydrogens is 294 g/mol. The zero-order valence-corrected chi connectivity index (χ0v) is 13.7. The van der Waals surface area contributed by atoms with Crippen molar-refractivity contribution in [2.45, 2.75) is 51.9 Å². The third kappa shape index (κ3) is 4.71. The SMILES string of the molecule is CCCCCCCCCN1C(=O)COc2cc(C(=O)O)ccc21. The van der Waals surface area contributed by atoms with Crippen molar-refractivity contribution in [3.8, 4) is 5.75 Å². The Morgan fingerprint density at radius 2 is 1.87 bits per heavy atom. The Hall–Kier alpha value is -2.04. The van der Waals surface area contributed by atoms with Gasteiger partial charge < -0.3 is 14.7 Å². The monoisotopic (exact) mass is 319 g/mol. The van der Waals surface area contributed by atoms with Crippen LogP contribution >= 0.6 is 0 Å². The molecule has 126 valence electrons. The minimum Gasteiger partial charge on any atom is -0.482 e. The first-order chi connectivity index (χ1) is 11.1. The highest BCUT2D eigenvalue weighted by atomic mass is 16.5. The summed E-state index contributed by atoms with van der Waals surface area (Å²) in [7, 11) is 0. The molecule has 0 bridgehead atoms. The number of carbonyl (C=O) groups excluding carboxylic acids is 1. The third-order valence-electron chi connectivity index (χ3n) is 4.14. The van der Waals surface area contributed by atoms with Crippen LogP contribution in [0.2, 0.25) is 0 Å². The van der Waals surface area contributed by atoms with Gasteiger partial charge in [0.1, 0.15) is 5.75 Å². The molecule has 1 aromatic carbocycles. The number of hydrogen-bond acceptors (Lipinski definition) is 3. The first-order valence-corrected chi connectivity index (χ1v) is 8.44. The van der Waals surface area contributed by atoms with Gasteiger partial charge >= 0.3 is 5.97 Å². The number of carbonyl (C=O) groups is 2. The van der Waals surface area contributed by atoms with Crippen LogP contribution in [0.4, 0.5) is 5.69 Å². The first kappa shape index (κ1) is 17.3. The standard InChI is InChI=1S/C18H25NO4/c1-2-3-4-5-6-7-8-11-19-15-10-9-14(18(21)22)12-16(15)23-13-17(19)20/h9-10,12H,2-8,11,13H2,1H3,(H,21,22). The number of amides is 1. The van der Waals surface area contributed by atoms with Gasteiger partial charge in [-0.05, 0) is 24.6 Å². The summed E-state index contributed by atoms with van der Waals surface area (Å²) >= 11 is 0. The van der Waals surface area contributed by atoms with E-state index in [-0.39, 0.29) is 18.1 Å². The summed E-state index contributed by atoms with van der Waals surface area (Å²) < 4.78 is 5.37. The fraction of sp³-hybridized carbons (Fsp3) is 0.556. The molecule has 2 rings (SSSR count). The number of unbranched alkanes of at least 4 members (excludes halogenated alkanes) is 6. The van der Waals surface area contributed by atoms with E-state index in [0.29, 0.717) is 18.0 Å². The van der Waals surface area contributed by atoms with Crippen molar-refractivity contribution in [1.29, 1.82) is 0 Å². The molecule has 5 heteroatoms. The summed E-state index contributed by atoms with van der Waals surface area (Å²) in [6.07, 6.45) is 8.34. The van der Waals surface area contributed by atoms with Gasteiger partial charge in [0.15, 0.2) is 6.61 Å². The Bertz CT molecular complexity index is 556. The summed E-state index contributed by atoms with van der Waals surface area (Å²) in [4.78, 5) is 24.8. The molecule has 0 saturated carbocycles. The molecule has 1 aliphatic rings. The van der Waals surface area contributed by atoms with Gasteiger partial charge in [-0.3, -0.25) is 4.79 Å². The number of carboxylic acids is 1. The topological polar surface area (TPSA) is 66.8 Å². The zero-order valence-electron chi connectivity index (χ0n) is 13.7. The lowest BCUT2D eigenvalue weighted by molar-refractivity contribution is -0.121. The molecular formula is C18H25NO4. The number of hydrogen-bond donors (Lipinski definition) is 1. The summed E-state index contributed by atoms with van der Waals surface area (Å²) in [6, 6.07) is 4.67. The summed E-state index contributed by atoms with van der Waals surface area (Å²) in [6.45, 7) is 2.85. The smallest absolute Gasteiger partial charge is 0.335 e. The normalized spacial score (nSPS) is 13.6. The second kappa shape index (κ2) is 8.56. The summed E-state index contributed by atoms with van der Waals surface area (Å²) in [5.41, 5.74) is 0.853. The van der Waals surface area contributed by atoms with Crippen LogP contribution in [0.3, 0.4) is 0 Å². The van der Waals surface area contributed by atoms with Gasteiger partial charge in [-0.1, -0.05) is 45.4 Å². The molecule has 1 aliphatic heterocycles. The number of aromatic carboxylic acids is 1. The second-order valence-electron chi connectivity index (χ2n) is 5.94. The lowest BCUT2D eigenvalue weighted by atomic mass is 10.1. The average molecular weight is 319 g/mol. The van der Waals surface area contributed by atoms with E-state index in [1.165, 1.54) is 44.2 Å². The largest absolute Gasteiger partial charge is 0.482 e. The predicted molar refractivity (Wildman–Crippen MR) is 89.2 cm³/mol. The van der Waals surface area contributed by atoms with Crippen LogP contribution in [-0.2, 0) is 4.79 Å². The van der Waals surface area contributed by atoms with Gasteiger partial charge in [0.2, 0.25) is 0 Å². The van der Waals surface area contributed by atoms with E-state index in [1.54, 1.807) is 11.0 Å². The zero-order chi connectivity index (χ0) is 16.7. The van der Waals surface area contributed by atoms with Crippen LogP contribution in [0.25, 0.3) is 0 Å². The quantitative estimate of drug-likeness (QED) is 0.702. The molecule has 0 atom stereocenters.